The highest BCUT2D eigenvalue weighted by molar-refractivity contribution is 6.23. The van der Waals surface area contributed by atoms with Crippen LogP contribution >= 0.6 is 0 Å². The van der Waals surface area contributed by atoms with Gasteiger partial charge in [-0.25, -0.2) is 0 Å². The Bertz CT molecular complexity index is 3310. The van der Waals surface area contributed by atoms with Gasteiger partial charge >= 0.3 is 0 Å². The van der Waals surface area contributed by atoms with Crippen LogP contribution in [0.3, 0.4) is 0 Å². The van der Waals surface area contributed by atoms with Crippen molar-refractivity contribution in [2.45, 2.75) is 77.6 Å². The van der Waals surface area contributed by atoms with Gasteiger partial charge in [0.25, 0.3) is 0 Å². The molecule has 64 heavy (non-hydrogen) atoms. The van der Waals surface area contributed by atoms with Crippen LogP contribution in [0.1, 0.15) is 76.0 Å². The van der Waals surface area contributed by atoms with Crippen LogP contribution < -0.4 is 9.80 Å². The van der Waals surface area contributed by atoms with Crippen LogP contribution in [-0.4, -0.2) is 0 Å². The standard InChI is InChI=1S/C62H54N2/c1-62(2,3)49-32-30-46(31-33-49)60-52-36-34-51(64-58-22-12-8-17-44(58)27-28-45-18-9-13-23-59(45)64)40-55(52)61(48-29-24-41-14-4-5-19-47(41)38-48)53-37-35-50(39-54(53)60)63-56-20-10-6-15-42(56)25-26-43-16-7-11-21-57(43)63/h4-6,8,10-15,17,19-24,29-40H,7,9,16,18,25-28H2,1-3H3. The zero-order chi connectivity index (χ0) is 42.9. The zero-order valence-electron chi connectivity index (χ0n) is 37.3. The summed E-state index contributed by atoms with van der Waals surface area (Å²) in [6.07, 6.45) is 18.3. The molecule has 0 saturated carbocycles. The molecule has 2 aliphatic carbocycles. The van der Waals surface area contributed by atoms with E-state index in [1.54, 1.807) is 11.1 Å². The summed E-state index contributed by atoms with van der Waals surface area (Å²) in [6.45, 7) is 6.93. The molecule has 0 N–H and O–H groups in total. The molecule has 0 fully saturated rings. The Morgan fingerprint density at radius 2 is 0.906 bits per heavy atom. The maximum Gasteiger partial charge on any atom is 0.0493 e. The van der Waals surface area contributed by atoms with E-state index < -0.39 is 0 Å². The second kappa shape index (κ2) is 15.4. The van der Waals surface area contributed by atoms with Crippen molar-refractivity contribution in [1.29, 1.82) is 0 Å². The Kier molecular flexibility index (Phi) is 9.34. The van der Waals surface area contributed by atoms with Gasteiger partial charge in [0.2, 0.25) is 0 Å². The Hall–Kier alpha value is -6.90. The lowest BCUT2D eigenvalue weighted by Gasteiger charge is -2.31. The number of para-hydroxylation sites is 2. The predicted octanol–water partition coefficient (Wildman–Crippen LogP) is 17.2. The van der Waals surface area contributed by atoms with Crippen molar-refractivity contribution in [1.82, 2.24) is 0 Å². The van der Waals surface area contributed by atoms with Gasteiger partial charge in [0.05, 0.1) is 0 Å². The third kappa shape index (κ3) is 6.53. The highest BCUT2D eigenvalue weighted by Gasteiger charge is 2.28. The minimum absolute atomic E-state index is 0.0499. The van der Waals surface area contributed by atoms with E-state index in [1.807, 2.05) is 0 Å². The molecule has 0 bridgehead atoms. The number of fused-ring (bicyclic) bond motifs is 5. The van der Waals surface area contributed by atoms with E-state index in [0.717, 1.165) is 51.4 Å². The summed E-state index contributed by atoms with van der Waals surface area (Å²) >= 11 is 0. The summed E-state index contributed by atoms with van der Waals surface area (Å²) in [7, 11) is 0. The maximum atomic E-state index is 2.57. The van der Waals surface area contributed by atoms with Gasteiger partial charge < -0.3 is 9.80 Å². The highest BCUT2D eigenvalue weighted by atomic mass is 15.2. The first-order chi connectivity index (χ1) is 31.4. The summed E-state index contributed by atoms with van der Waals surface area (Å²) in [5, 5.41) is 7.59. The molecule has 2 heterocycles. The molecule has 0 saturated heterocycles. The van der Waals surface area contributed by atoms with Gasteiger partial charge in [-0.05, 0) is 194 Å². The van der Waals surface area contributed by atoms with Crippen molar-refractivity contribution in [3.63, 3.8) is 0 Å². The fourth-order valence-electron chi connectivity index (χ4n) is 11.2. The number of nitrogens with zero attached hydrogens (tertiary/aromatic N) is 2. The molecule has 2 heteroatoms. The summed E-state index contributed by atoms with van der Waals surface area (Å²) in [6, 6.07) is 58.2. The van der Waals surface area contributed by atoms with Crippen molar-refractivity contribution >= 4 is 55.1 Å². The normalized spacial score (nSPS) is 16.2. The number of rotatable bonds is 4. The summed E-state index contributed by atoms with van der Waals surface area (Å²) in [5.74, 6) is 0. The van der Waals surface area contributed by atoms with Gasteiger partial charge in [-0.2, -0.15) is 0 Å². The van der Waals surface area contributed by atoms with E-state index >= 15 is 0 Å². The first-order valence-electron chi connectivity index (χ1n) is 23.5. The van der Waals surface area contributed by atoms with Crippen molar-refractivity contribution < 1.29 is 0 Å². The van der Waals surface area contributed by atoms with Crippen molar-refractivity contribution in [2.75, 3.05) is 9.80 Å². The Morgan fingerprint density at radius 1 is 0.406 bits per heavy atom. The van der Waals surface area contributed by atoms with Crippen LogP contribution in [0.2, 0.25) is 0 Å². The van der Waals surface area contributed by atoms with Crippen LogP contribution in [0.5, 0.6) is 0 Å². The van der Waals surface area contributed by atoms with Crippen molar-refractivity contribution in [2.24, 2.45) is 0 Å². The van der Waals surface area contributed by atoms with Gasteiger partial charge in [-0.3, -0.25) is 0 Å². The average molecular weight is 827 g/mol. The second-order valence-electron chi connectivity index (χ2n) is 19.4. The molecular formula is C62H54N2. The molecule has 8 aromatic carbocycles. The van der Waals surface area contributed by atoms with Crippen molar-refractivity contribution in [3.05, 3.63) is 215 Å². The summed E-state index contributed by atoms with van der Waals surface area (Å²) in [5.41, 5.74) is 20.0. The SMILES string of the molecule is CC(C)(C)c1ccc(-c2c3ccc(N4C5=C(CCC=C5)CCc5ccccc54)cc3c(-c3ccc4ccccc4c3)c3ccc(N4C5=C(CCC=C5)CCc5ccccc54)cc23)cc1. The Labute approximate surface area is 378 Å². The number of hydrogen-bond acceptors (Lipinski definition) is 2. The minimum atomic E-state index is 0.0499. The minimum Gasteiger partial charge on any atom is -0.310 e. The van der Waals surface area contributed by atoms with E-state index in [0.29, 0.717) is 0 Å². The number of hydrogen-bond donors (Lipinski definition) is 0. The zero-order valence-corrected chi connectivity index (χ0v) is 37.3. The van der Waals surface area contributed by atoms with E-state index in [2.05, 4.69) is 207 Å². The molecule has 0 unspecified atom stereocenters. The molecule has 12 rings (SSSR count). The largest absolute Gasteiger partial charge is 0.310 e. The molecule has 0 aromatic heterocycles. The lowest BCUT2D eigenvalue weighted by Crippen LogP contribution is -2.18. The molecule has 2 nitrogen and oxygen atoms in total. The fourth-order valence-corrected chi connectivity index (χ4v) is 11.2. The smallest absolute Gasteiger partial charge is 0.0493 e. The van der Waals surface area contributed by atoms with E-state index in [4.69, 9.17) is 0 Å². The molecule has 8 aromatic rings. The van der Waals surface area contributed by atoms with Gasteiger partial charge in [0, 0.05) is 34.1 Å². The molecule has 0 amide bonds. The number of anilines is 4. The summed E-state index contributed by atoms with van der Waals surface area (Å²) in [4.78, 5) is 5.14. The van der Waals surface area contributed by atoms with Gasteiger partial charge in [-0.1, -0.05) is 142 Å². The fraction of sp³-hybridized carbons (Fsp3) is 0.194. The molecule has 0 atom stereocenters. The first-order valence-corrected chi connectivity index (χ1v) is 23.5. The number of benzene rings is 8. The van der Waals surface area contributed by atoms with E-state index in [1.165, 1.54) is 105 Å². The molecular weight excluding hydrogens is 773 g/mol. The molecule has 4 aliphatic rings. The lowest BCUT2D eigenvalue weighted by molar-refractivity contribution is 0.590. The van der Waals surface area contributed by atoms with Crippen LogP contribution in [-0.2, 0) is 18.3 Å². The first kappa shape index (κ1) is 38.7. The lowest BCUT2D eigenvalue weighted by atomic mass is 9.83. The molecule has 0 spiro atoms. The van der Waals surface area contributed by atoms with Gasteiger partial charge in [-0.15, -0.1) is 0 Å². The van der Waals surface area contributed by atoms with E-state index in [-0.39, 0.29) is 5.41 Å². The van der Waals surface area contributed by atoms with Crippen LogP contribution in [0.15, 0.2) is 199 Å². The molecule has 312 valence electrons. The summed E-state index contributed by atoms with van der Waals surface area (Å²) < 4.78 is 0. The monoisotopic (exact) mass is 826 g/mol. The van der Waals surface area contributed by atoms with Crippen LogP contribution in [0, 0.1) is 0 Å². The average Bonchev–Trinajstić information content (AvgIpc) is 3.61. The quantitative estimate of drug-likeness (QED) is 0.163. The van der Waals surface area contributed by atoms with Crippen LogP contribution in [0.25, 0.3) is 54.6 Å². The van der Waals surface area contributed by atoms with Gasteiger partial charge in [0.1, 0.15) is 0 Å². The van der Waals surface area contributed by atoms with Gasteiger partial charge in [0.15, 0.2) is 0 Å². The second-order valence-corrected chi connectivity index (χ2v) is 19.4. The maximum absolute atomic E-state index is 2.57. The van der Waals surface area contributed by atoms with Crippen molar-refractivity contribution in [3.8, 4) is 22.3 Å². The third-order valence-corrected chi connectivity index (χ3v) is 14.5. The topological polar surface area (TPSA) is 6.48 Å². The number of allylic oxidation sites excluding steroid dienone is 6. The third-order valence-electron chi connectivity index (χ3n) is 14.5. The van der Waals surface area contributed by atoms with E-state index in [9.17, 15) is 0 Å². The number of aryl methyl sites for hydroxylation is 2. The Balaban J connectivity index is 1.19. The predicted molar refractivity (Wildman–Crippen MR) is 273 cm³/mol. The van der Waals surface area contributed by atoms with Crippen LogP contribution in [0.4, 0.5) is 22.7 Å². The highest BCUT2D eigenvalue weighted by Crippen LogP contribution is 2.50. The Morgan fingerprint density at radius 3 is 1.47 bits per heavy atom. The molecule has 2 aliphatic heterocycles. The molecule has 0 radical (unpaired) electrons.